The first kappa shape index (κ1) is 51.0. The zero-order valence-electron chi connectivity index (χ0n) is 35.3. The van der Waals surface area contributed by atoms with Crippen LogP contribution in [0, 0.1) is 0 Å². The first-order valence-corrected chi connectivity index (χ1v) is 24.8. The summed E-state index contributed by atoms with van der Waals surface area (Å²) in [7, 11) is -13.1. The Bertz CT molecular complexity index is 3520. The number of phenolic OH excluding ortho intramolecular Hbond substituents is 2. The molecule has 1 aliphatic carbocycles. The number of carboxylic acid groups (broad SMARTS) is 1. The van der Waals surface area contributed by atoms with E-state index >= 15 is 0 Å². The number of phenols is 2. The molecule has 6 aromatic rings. The van der Waals surface area contributed by atoms with Gasteiger partial charge in [-0.3, -0.25) is 9.11 Å². The van der Waals surface area contributed by atoms with Crippen molar-refractivity contribution in [1.29, 1.82) is 0 Å². The van der Waals surface area contributed by atoms with Gasteiger partial charge in [0, 0.05) is 51.0 Å². The average molecular weight is 1080 g/mol. The van der Waals surface area contributed by atoms with E-state index in [-0.39, 0.29) is 85.0 Å². The number of methoxy groups -OCH3 is 1. The Labute approximate surface area is 412 Å². The molecule has 6 aromatic carbocycles. The number of hydrogen-bond acceptors (Lipinski definition) is 21. The van der Waals surface area contributed by atoms with Crippen LogP contribution in [0.5, 0.6) is 23.0 Å². The summed E-state index contributed by atoms with van der Waals surface area (Å²) >= 11 is 1.25. The fourth-order valence-electron chi connectivity index (χ4n) is 6.87. The smallest absolute Gasteiger partial charge is 0.335 e. The molecule has 1 radical (unpaired) electrons. The van der Waals surface area contributed by atoms with Crippen LogP contribution >= 0.6 is 22.6 Å². The summed E-state index contributed by atoms with van der Waals surface area (Å²) in [6, 6.07) is 20.0. The van der Waals surface area contributed by atoms with Crippen LogP contribution in [0.1, 0.15) is 0 Å². The number of para-hydroxylation sites is 1. The molecule has 0 amide bonds. The van der Waals surface area contributed by atoms with Gasteiger partial charge < -0.3 is 43.8 Å². The maximum atomic E-state index is 12.2. The van der Waals surface area contributed by atoms with E-state index in [4.69, 9.17) is 9.47 Å². The van der Waals surface area contributed by atoms with E-state index in [9.17, 15) is 59.7 Å². The van der Waals surface area contributed by atoms with Gasteiger partial charge in [0.2, 0.25) is 5.50 Å². The molecule has 0 spiro atoms. The fraction of sp³-hybridized carbons (Fsp3) is 0.0952. The number of thioether (sulfide) groups is 1. The molecule has 9 N–H and O–H groups in total. The van der Waals surface area contributed by atoms with Gasteiger partial charge in [-0.1, -0.05) is 42.1 Å². The molecule has 70 heavy (non-hydrogen) atoms. The Morgan fingerprint density at radius 2 is 1.44 bits per heavy atom. The number of fused-ring (bicyclic) bond motifs is 3. The molecule has 28 heteroatoms. The standard InChI is InChI=1S/C42H34N8O15S4.Cu/c1-64-35-19-31(47-49-39-37(69(61,62)63)15-22-13-25(68(58,59)60)17-33(38(22)40(39)52)43-20-65-23-5-3-2-4-6-23)34(51)18-32(35)48-45-29-12-11-28(26-9-8-24(16-27(26)29)67(55,56)57)46-50-42-44-30-10-7-21(41(53)54)14-36(30)66-42;/h2-19,36,42-43,51-52,61-63H,20H2,1H3,(H,53,54)(H,55,56,57)(H,58,59,60);. The fourth-order valence-corrected chi connectivity index (χ4v) is 9.66. The van der Waals surface area contributed by atoms with Crippen LogP contribution in [-0.4, -0.2) is 91.2 Å². The van der Waals surface area contributed by atoms with Gasteiger partial charge in [0.1, 0.15) is 45.2 Å². The summed E-state index contributed by atoms with van der Waals surface area (Å²) in [4.78, 5) is 13.9. The van der Waals surface area contributed by atoms with Crippen molar-refractivity contribution in [1.82, 2.24) is 0 Å². The minimum absolute atomic E-state index is 0. The first-order valence-electron chi connectivity index (χ1n) is 19.5. The number of anilines is 1. The Hall–Kier alpha value is -6.82. The molecular weight excluding hydrogens is 1050 g/mol. The summed E-state index contributed by atoms with van der Waals surface area (Å²) in [6.07, 6.45) is 4.58. The number of ether oxygens (including phenoxy) is 2. The maximum absolute atomic E-state index is 12.2. The zero-order valence-corrected chi connectivity index (χ0v) is 39.5. The van der Waals surface area contributed by atoms with Gasteiger partial charge >= 0.3 is 5.97 Å². The van der Waals surface area contributed by atoms with Crippen LogP contribution in [0.2, 0.25) is 0 Å². The molecule has 1 heterocycles. The summed E-state index contributed by atoms with van der Waals surface area (Å²) in [5.41, 5.74) is -1.02. The molecule has 2 unspecified atom stereocenters. The van der Waals surface area contributed by atoms with Crippen LogP contribution in [0.15, 0.2) is 165 Å². The van der Waals surface area contributed by atoms with Gasteiger partial charge in [0.05, 0.1) is 49.7 Å². The van der Waals surface area contributed by atoms with Crippen molar-refractivity contribution in [3.63, 3.8) is 0 Å². The molecule has 23 nitrogen and oxygen atoms in total. The van der Waals surface area contributed by atoms with Crippen LogP contribution in [0.25, 0.3) is 21.5 Å². The molecule has 0 fully saturated rings. The number of carboxylic acids is 1. The number of aromatic hydroxyl groups is 2. The molecule has 2 aliphatic rings. The third-order valence-corrected chi connectivity index (χ3v) is 13.8. The van der Waals surface area contributed by atoms with Crippen LogP contribution in [-0.2, 0) is 42.1 Å². The third-order valence-electron chi connectivity index (χ3n) is 10.1. The van der Waals surface area contributed by atoms with E-state index in [1.165, 1.54) is 43.1 Å². The second-order valence-electron chi connectivity index (χ2n) is 14.5. The third kappa shape index (κ3) is 11.1. The SMILES string of the molecule is COc1cc(N=Nc2c(S(O)(O)O)cc3cc(S(=O)(=O)O)cc(NCOc4ccccc4)c3c2O)c(O)cc1N=Nc1ccc(N=NC2N=C3C=CC(C(=O)O)=CC3S2)c2ccc(S(=O)(=O)O)cc12.[Cu]. The molecular formula is C42H34CuN8O15S4. The van der Waals surface area contributed by atoms with Gasteiger partial charge in [0.25, 0.3) is 20.2 Å². The Kier molecular flexibility index (Phi) is 14.8. The number of allylic oxidation sites excluding steroid dienone is 1. The Morgan fingerprint density at radius 1 is 0.757 bits per heavy atom. The van der Waals surface area contributed by atoms with Crippen LogP contribution in [0.3, 0.4) is 0 Å². The topological polar surface area (TPSA) is 364 Å². The summed E-state index contributed by atoms with van der Waals surface area (Å²) in [6.45, 7) is -0.300. The van der Waals surface area contributed by atoms with Gasteiger partial charge in [0.15, 0.2) is 12.5 Å². The van der Waals surface area contributed by atoms with E-state index in [2.05, 4.69) is 41.0 Å². The van der Waals surface area contributed by atoms with Crippen molar-refractivity contribution in [2.24, 2.45) is 35.7 Å². The van der Waals surface area contributed by atoms with Gasteiger partial charge in [-0.25, -0.2) is 9.79 Å². The molecule has 0 saturated heterocycles. The number of azo groups is 3. The zero-order chi connectivity index (χ0) is 49.4. The Balaban J connectivity index is 0.00000722. The average Bonchev–Trinajstić information content (AvgIpc) is 3.72. The first-order chi connectivity index (χ1) is 32.7. The van der Waals surface area contributed by atoms with Gasteiger partial charge in [-0.05, 0) is 72.1 Å². The van der Waals surface area contributed by atoms with Crippen LogP contribution < -0.4 is 14.8 Å². The monoisotopic (exact) mass is 1080 g/mol. The number of benzene rings is 6. The summed E-state index contributed by atoms with van der Waals surface area (Å²) in [5, 5.41) is 59.5. The van der Waals surface area contributed by atoms with Crippen molar-refractivity contribution >= 4 is 110 Å². The number of aliphatic carboxylic acids is 1. The molecule has 0 saturated carbocycles. The van der Waals surface area contributed by atoms with Gasteiger partial charge in [-0.2, -0.15) is 21.9 Å². The summed E-state index contributed by atoms with van der Waals surface area (Å²) < 4.78 is 111. The predicted molar refractivity (Wildman–Crippen MR) is 253 cm³/mol. The number of nitrogens with one attached hydrogen (secondary N) is 1. The minimum atomic E-state index is -4.87. The number of aliphatic imine (C=N–C) groups is 1. The van der Waals surface area contributed by atoms with Crippen molar-refractivity contribution in [2.45, 2.75) is 25.4 Å². The quantitative estimate of drug-likeness (QED) is 0.0200. The Morgan fingerprint density at radius 3 is 2.11 bits per heavy atom. The number of hydrogen-bond donors (Lipinski definition) is 9. The second kappa shape index (κ2) is 20.3. The number of nitrogens with zero attached hydrogens (tertiary/aromatic N) is 7. The maximum Gasteiger partial charge on any atom is 0.335 e. The summed E-state index contributed by atoms with van der Waals surface area (Å²) in [5.74, 6) is -2.21. The van der Waals surface area contributed by atoms with Gasteiger partial charge in [-0.15, -0.1) is 25.6 Å². The van der Waals surface area contributed by atoms with Crippen molar-refractivity contribution in [3.8, 4) is 23.0 Å². The second-order valence-corrected chi connectivity index (χ2v) is 20.0. The molecule has 8 rings (SSSR count). The molecule has 1 aliphatic heterocycles. The van der Waals surface area contributed by atoms with Crippen molar-refractivity contribution < 1.29 is 86.3 Å². The molecule has 0 aromatic heterocycles. The van der Waals surface area contributed by atoms with E-state index in [0.29, 0.717) is 16.8 Å². The molecule has 2 atom stereocenters. The molecule has 0 bridgehead atoms. The number of rotatable bonds is 15. The molecule has 367 valence electrons. The van der Waals surface area contributed by atoms with Crippen molar-refractivity contribution in [2.75, 3.05) is 19.2 Å². The predicted octanol–water partition coefficient (Wildman–Crippen LogP) is 10.3. The number of carbonyl (C=O) groups is 1. The largest absolute Gasteiger partial charge is 0.506 e. The van der Waals surface area contributed by atoms with Crippen LogP contribution in [0.4, 0.5) is 34.1 Å². The van der Waals surface area contributed by atoms with E-state index in [1.54, 1.807) is 42.5 Å². The minimum Gasteiger partial charge on any atom is -0.506 e. The van der Waals surface area contributed by atoms with E-state index in [0.717, 1.165) is 42.5 Å². The van der Waals surface area contributed by atoms with E-state index < -0.39 is 74.4 Å². The van der Waals surface area contributed by atoms with E-state index in [1.807, 2.05) is 0 Å². The van der Waals surface area contributed by atoms with Crippen molar-refractivity contribution in [3.05, 3.63) is 115 Å². The normalized spacial score (nSPS) is 16.4.